The summed E-state index contributed by atoms with van der Waals surface area (Å²) >= 11 is 3.40. The zero-order valence-corrected chi connectivity index (χ0v) is 18.7. The van der Waals surface area contributed by atoms with E-state index in [0.717, 1.165) is 29.7 Å². The minimum atomic E-state index is 0.0276. The molecule has 1 aromatic rings. The molecule has 2 aliphatic carbocycles. The van der Waals surface area contributed by atoms with Crippen LogP contribution < -0.4 is 5.32 Å². The van der Waals surface area contributed by atoms with Crippen LogP contribution in [0.2, 0.25) is 0 Å². The van der Waals surface area contributed by atoms with Gasteiger partial charge in [-0.3, -0.25) is 9.59 Å². The Morgan fingerprint density at radius 3 is 2.25 bits per heavy atom. The van der Waals surface area contributed by atoms with E-state index in [-0.39, 0.29) is 23.1 Å². The lowest BCUT2D eigenvalue weighted by Crippen LogP contribution is -2.50. The normalized spacial score (nSPS) is 31.8. The summed E-state index contributed by atoms with van der Waals surface area (Å²) in [5.41, 5.74) is 1.24. The molecule has 1 heterocycles. The summed E-state index contributed by atoms with van der Waals surface area (Å²) in [6, 6.07) is 7.79. The summed E-state index contributed by atoms with van der Waals surface area (Å²) in [5, 5.41) is 3.41. The number of rotatable bonds is 3. The van der Waals surface area contributed by atoms with Gasteiger partial charge < -0.3 is 10.2 Å². The third-order valence-electron chi connectivity index (χ3n) is 8.35. The van der Waals surface area contributed by atoms with Gasteiger partial charge in [-0.15, -0.1) is 0 Å². The predicted octanol–water partition coefficient (Wildman–Crippen LogP) is 4.63. The van der Waals surface area contributed by atoms with Crippen LogP contribution in [0.15, 0.2) is 28.7 Å². The molecule has 3 atom stereocenters. The van der Waals surface area contributed by atoms with Gasteiger partial charge in [-0.1, -0.05) is 36.7 Å². The number of carbonyl (C=O) groups excluding carboxylic acids is 2. The molecule has 5 heteroatoms. The Morgan fingerprint density at radius 2 is 1.71 bits per heavy atom. The Kier molecular flexibility index (Phi) is 5.09. The Hall–Kier alpha value is -1.36. The summed E-state index contributed by atoms with van der Waals surface area (Å²) in [6.45, 7) is 8.43. The van der Waals surface area contributed by atoms with Crippen LogP contribution in [-0.2, 0) is 4.79 Å². The van der Waals surface area contributed by atoms with E-state index in [1.807, 2.05) is 29.2 Å². The van der Waals surface area contributed by atoms with Crippen molar-refractivity contribution in [2.45, 2.75) is 58.9 Å². The molecule has 1 aliphatic heterocycles. The van der Waals surface area contributed by atoms with E-state index in [2.05, 4.69) is 42.0 Å². The molecule has 1 N–H and O–H groups in total. The van der Waals surface area contributed by atoms with Crippen molar-refractivity contribution >= 4 is 27.7 Å². The number of fused-ring (bicyclic) bond motifs is 2. The highest BCUT2D eigenvalue weighted by atomic mass is 79.9. The van der Waals surface area contributed by atoms with E-state index >= 15 is 0 Å². The maximum absolute atomic E-state index is 12.9. The summed E-state index contributed by atoms with van der Waals surface area (Å²) in [7, 11) is 0. The van der Waals surface area contributed by atoms with Crippen molar-refractivity contribution < 1.29 is 9.59 Å². The number of hydrogen-bond donors (Lipinski definition) is 1. The molecule has 2 saturated carbocycles. The first-order chi connectivity index (χ1) is 13.2. The minimum absolute atomic E-state index is 0.0276. The second-order valence-electron chi connectivity index (χ2n) is 9.74. The molecule has 2 amide bonds. The quantitative estimate of drug-likeness (QED) is 0.735. The SMILES string of the molecule is CC1(C)C2CCC1(C)C(NC(=O)C1CCN(C(=O)c3ccc(Br)cc3)CC1)C2. The third-order valence-corrected chi connectivity index (χ3v) is 8.88. The Balaban J connectivity index is 1.32. The molecule has 3 unspecified atom stereocenters. The maximum Gasteiger partial charge on any atom is 0.253 e. The molecule has 4 nitrogen and oxygen atoms in total. The maximum atomic E-state index is 12.9. The first-order valence-corrected chi connectivity index (χ1v) is 11.4. The summed E-state index contributed by atoms with van der Waals surface area (Å²) in [6.07, 6.45) is 5.15. The van der Waals surface area contributed by atoms with Gasteiger partial charge in [0.1, 0.15) is 0 Å². The molecule has 3 aliphatic rings. The van der Waals surface area contributed by atoms with Crippen molar-refractivity contribution in [2.75, 3.05) is 13.1 Å². The summed E-state index contributed by atoms with van der Waals surface area (Å²) in [4.78, 5) is 27.5. The van der Waals surface area contributed by atoms with Gasteiger partial charge in [0, 0.05) is 35.1 Å². The lowest BCUT2D eigenvalue weighted by molar-refractivity contribution is -0.128. The standard InChI is InChI=1S/C23H31BrN2O2/c1-22(2)17-8-11-23(22,3)19(14-17)25-20(27)15-9-12-26(13-10-15)21(28)16-4-6-18(24)7-5-16/h4-7,15,17,19H,8-14H2,1-3H3,(H,25,27). The van der Waals surface area contributed by atoms with Crippen LogP contribution in [0.25, 0.3) is 0 Å². The smallest absolute Gasteiger partial charge is 0.253 e. The highest BCUT2D eigenvalue weighted by Crippen LogP contribution is 2.65. The van der Waals surface area contributed by atoms with Gasteiger partial charge in [-0.25, -0.2) is 0 Å². The molecule has 0 radical (unpaired) electrons. The molecule has 152 valence electrons. The largest absolute Gasteiger partial charge is 0.353 e. The first kappa shape index (κ1) is 19.9. The number of piperidine rings is 1. The van der Waals surface area contributed by atoms with Crippen molar-refractivity contribution in [2.24, 2.45) is 22.7 Å². The molecule has 1 saturated heterocycles. The van der Waals surface area contributed by atoms with Gasteiger partial charge in [0.25, 0.3) is 5.91 Å². The van der Waals surface area contributed by atoms with Gasteiger partial charge in [0.05, 0.1) is 0 Å². The van der Waals surface area contributed by atoms with Crippen LogP contribution in [0, 0.1) is 22.7 Å². The third kappa shape index (κ3) is 3.20. The fraction of sp³-hybridized carbons (Fsp3) is 0.652. The van der Waals surface area contributed by atoms with E-state index in [0.29, 0.717) is 30.1 Å². The van der Waals surface area contributed by atoms with Crippen molar-refractivity contribution in [1.29, 1.82) is 0 Å². The molecule has 3 fully saturated rings. The summed E-state index contributed by atoms with van der Waals surface area (Å²) in [5.74, 6) is 1.02. The van der Waals surface area contributed by atoms with E-state index in [9.17, 15) is 9.59 Å². The molecule has 0 spiro atoms. The Bertz CT molecular complexity index is 767. The first-order valence-electron chi connectivity index (χ1n) is 10.6. The van der Waals surface area contributed by atoms with Crippen LogP contribution in [0.3, 0.4) is 0 Å². The minimum Gasteiger partial charge on any atom is -0.353 e. The van der Waals surface area contributed by atoms with E-state index < -0.39 is 0 Å². The van der Waals surface area contributed by atoms with Gasteiger partial charge in [0.2, 0.25) is 5.91 Å². The van der Waals surface area contributed by atoms with Gasteiger partial charge >= 0.3 is 0 Å². The summed E-state index contributed by atoms with van der Waals surface area (Å²) < 4.78 is 0.969. The lowest BCUT2D eigenvalue weighted by Gasteiger charge is -2.40. The van der Waals surface area contributed by atoms with Gasteiger partial charge in [-0.2, -0.15) is 0 Å². The van der Waals surface area contributed by atoms with Gasteiger partial charge in [0.15, 0.2) is 0 Å². The molecule has 0 aromatic heterocycles. The number of likely N-dealkylation sites (tertiary alicyclic amines) is 1. The van der Waals surface area contributed by atoms with Gasteiger partial charge in [-0.05, 0) is 73.1 Å². The van der Waals surface area contributed by atoms with Crippen LogP contribution in [0.1, 0.15) is 63.2 Å². The van der Waals surface area contributed by atoms with E-state index in [1.165, 1.54) is 12.8 Å². The van der Waals surface area contributed by atoms with Crippen molar-refractivity contribution in [3.8, 4) is 0 Å². The fourth-order valence-electron chi connectivity index (χ4n) is 5.83. The zero-order valence-electron chi connectivity index (χ0n) is 17.1. The molecular weight excluding hydrogens is 416 g/mol. The number of nitrogens with zero attached hydrogens (tertiary/aromatic N) is 1. The topological polar surface area (TPSA) is 49.4 Å². The van der Waals surface area contributed by atoms with Crippen LogP contribution in [0.4, 0.5) is 0 Å². The second-order valence-corrected chi connectivity index (χ2v) is 10.7. The van der Waals surface area contributed by atoms with Crippen molar-refractivity contribution in [3.05, 3.63) is 34.3 Å². The zero-order chi connectivity index (χ0) is 20.1. The molecule has 2 bridgehead atoms. The van der Waals surface area contributed by atoms with E-state index in [1.54, 1.807) is 0 Å². The van der Waals surface area contributed by atoms with Crippen LogP contribution in [-0.4, -0.2) is 35.8 Å². The number of amides is 2. The van der Waals surface area contributed by atoms with Crippen LogP contribution >= 0.6 is 15.9 Å². The number of nitrogens with one attached hydrogen (secondary N) is 1. The number of halogens is 1. The Labute approximate surface area is 176 Å². The number of benzene rings is 1. The fourth-order valence-corrected chi connectivity index (χ4v) is 6.10. The molecule has 28 heavy (non-hydrogen) atoms. The highest BCUT2D eigenvalue weighted by molar-refractivity contribution is 9.10. The monoisotopic (exact) mass is 446 g/mol. The highest BCUT2D eigenvalue weighted by Gasteiger charge is 2.61. The van der Waals surface area contributed by atoms with Crippen molar-refractivity contribution in [1.82, 2.24) is 10.2 Å². The number of hydrogen-bond acceptors (Lipinski definition) is 2. The average Bonchev–Trinajstić information content (AvgIpc) is 3.01. The lowest BCUT2D eigenvalue weighted by atomic mass is 9.69. The number of carbonyl (C=O) groups is 2. The van der Waals surface area contributed by atoms with Crippen molar-refractivity contribution in [3.63, 3.8) is 0 Å². The predicted molar refractivity (Wildman–Crippen MR) is 114 cm³/mol. The molecule has 4 rings (SSSR count). The molecule has 1 aromatic carbocycles. The Morgan fingerprint density at radius 1 is 1.07 bits per heavy atom. The van der Waals surface area contributed by atoms with Crippen LogP contribution in [0.5, 0.6) is 0 Å². The second kappa shape index (κ2) is 7.16. The average molecular weight is 447 g/mol. The van der Waals surface area contributed by atoms with E-state index in [4.69, 9.17) is 0 Å². The molecular formula is C23H31BrN2O2.